The first-order chi connectivity index (χ1) is 8.09. The van der Waals surface area contributed by atoms with E-state index in [-0.39, 0.29) is 12.2 Å². The highest BCUT2D eigenvalue weighted by molar-refractivity contribution is 5.16. The zero-order chi connectivity index (χ0) is 12.7. The molecule has 3 atom stereocenters. The summed E-state index contributed by atoms with van der Waals surface area (Å²) >= 11 is 0. The van der Waals surface area contributed by atoms with Gasteiger partial charge in [0.25, 0.3) is 0 Å². The average Bonchev–Trinajstić information content (AvgIpc) is 2.34. The lowest BCUT2D eigenvalue weighted by Gasteiger charge is -2.18. The molecule has 17 heavy (non-hydrogen) atoms. The number of hydrogen-bond acceptors (Lipinski definition) is 3. The van der Waals surface area contributed by atoms with Gasteiger partial charge in [-0.2, -0.15) is 0 Å². The summed E-state index contributed by atoms with van der Waals surface area (Å²) in [5, 5.41) is 9.09. The van der Waals surface area contributed by atoms with Crippen molar-refractivity contribution in [1.29, 1.82) is 0 Å². The highest BCUT2D eigenvalue weighted by atomic mass is 16.5. The summed E-state index contributed by atoms with van der Waals surface area (Å²) in [6.45, 7) is 6.56. The van der Waals surface area contributed by atoms with Crippen molar-refractivity contribution < 1.29 is 14.6 Å². The van der Waals surface area contributed by atoms with Crippen LogP contribution in [0.4, 0.5) is 0 Å². The lowest BCUT2D eigenvalue weighted by Crippen LogP contribution is -2.22. The Labute approximate surface area is 103 Å². The Morgan fingerprint density at radius 2 is 1.65 bits per heavy atom. The molecule has 0 aromatic heterocycles. The van der Waals surface area contributed by atoms with E-state index in [1.807, 2.05) is 44.2 Å². The van der Waals surface area contributed by atoms with Crippen LogP contribution in [0.1, 0.15) is 32.4 Å². The molecular formula is C14H22O3. The number of aliphatic hydroxyl groups excluding tert-OH is 1. The lowest BCUT2D eigenvalue weighted by molar-refractivity contribution is -0.0535. The molecule has 1 aromatic rings. The highest BCUT2D eigenvalue weighted by Crippen LogP contribution is 2.16. The monoisotopic (exact) mass is 238 g/mol. The third-order valence-corrected chi connectivity index (χ3v) is 2.47. The lowest BCUT2D eigenvalue weighted by atomic mass is 10.1. The van der Waals surface area contributed by atoms with Crippen LogP contribution in [-0.4, -0.2) is 30.5 Å². The molecule has 0 saturated carbocycles. The van der Waals surface area contributed by atoms with Crippen LogP contribution in [0.5, 0.6) is 0 Å². The molecule has 0 amide bonds. The van der Waals surface area contributed by atoms with E-state index in [4.69, 9.17) is 14.6 Å². The molecule has 0 aliphatic heterocycles. The van der Waals surface area contributed by atoms with Crippen LogP contribution in [-0.2, 0) is 9.47 Å². The second-order valence-electron chi connectivity index (χ2n) is 4.38. The van der Waals surface area contributed by atoms with Crippen LogP contribution in [0.25, 0.3) is 0 Å². The summed E-state index contributed by atoms with van der Waals surface area (Å²) in [5.74, 6) is 0. The molecule has 1 aromatic carbocycles. The molecule has 3 heteroatoms. The van der Waals surface area contributed by atoms with E-state index >= 15 is 0 Å². The third kappa shape index (κ3) is 5.82. The molecule has 3 nitrogen and oxygen atoms in total. The van der Waals surface area contributed by atoms with E-state index in [0.29, 0.717) is 13.2 Å². The maximum absolute atomic E-state index is 9.09. The summed E-state index contributed by atoms with van der Waals surface area (Å²) in [5.41, 5.74) is 1.16. The molecule has 0 fully saturated rings. The van der Waals surface area contributed by atoms with Crippen LogP contribution in [0.15, 0.2) is 30.3 Å². The maximum Gasteiger partial charge on any atom is 0.0798 e. The number of aliphatic hydroxyl groups is 1. The number of hydrogen-bond donors (Lipinski definition) is 1. The summed E-state index contributed by atoms with van der Waals surface area (Å²) < 4.78 is 11.1. The Morgan fingerprint density at radius 3 is 2.24 bits per heavy atom. The van der Waals surface area contributed by atoms with E-state index in [0.717, 1.165) is 5.56 Å². The number of ether oxygens (including phenoxy) is 2. The largest absolute Gasteiger partial charge is 0.391 e. The zero-order valence-corrected chi connectivity index (χ0v) is 10.8. The van der Waals surface area contributed by atoms with Gasteiger partial charge in [-0.05, 0) is 26.3 Å². The van der Waals surface area contributed by atoms with Crippen molar-refractivity contribution in [2.24, 2.45) is 0 Å². The fourth-order valence-electron chi connectivity index (χ4n) is 1.45. The van der Waals surface area contributed by atoms with Gasteiger partial charge in [0.15, 0.2) is 0 Å². The molecule has 1 rings (SSSR count). The fraction of sp³-hybridized carbons (Fsp3) is 0.571. The minimum absolute atomic E-state index is 0.00392. The van der Waals surface area contributed by atoms with Crippen LogP contribution >= 0.6 is 0 Å². The molecule has 0 spiro atoms. The first-order valence-electron chi connectivity index (χ1n) is 6.05. The van der Waals surface area contributed by atoms with Gasteiger partial charge in [-0.25, -0.2) is 0 Å². The average molecular weight is 238 g/mol. The fourth-order valence-corrected chi connectivity index (χ4v) is 1.45. The highest BCUT2D eigenvalue weighted by Gasteiger charge is 2.09. The van der Waals surface area contributed by atoms with E-state index in [2.05, 4.69) is 0 Å². The molecule has 0 aliphatic rings. The Hall–Kier alpha value is -0.900. The van der Waals surface area contributed by atoms with Crippen molar-refractivity contribution in [3.05, 3.63) is 35.9 Å². The SMILES string of the molecule is C[C@H](OC[C@H](C)OC[C@@H](C)O)c1ccccc1. The van der Waals surface area contributed by atoms with Gasteiger partial charge in [-0.1, -0.05) is 30.3 Å². The maximum atomic E-state index is 9.09. The van der Waals surface area contributed by atoms with E-state index in [1.54, 1.807) is 6.92 Å². The van der Waals surface area contributed by atoms with Crippen molar-refractivity contribution in [2.75, 3.05) is 13.2 Å². The first kappa shape index (κ1) is 14.2. The quantitative estimate of drug-likeness (QED) is 0.793. The standard InChI is InChI=1S/C14H22O3/c1-11(15)9-16-12(2)10-17-13(3)14-7-5-4-6-8-14/h4-8,11-13,15H,9-10H2,1-3H3/t11-,12+,13+/m1/s1. The van der Waals surface area contributed by atoms with E-state index < -0.39 is 6.10 Å². The molecular weight excluding hydrogens is 216 g/mol. The Morgan fingerprint density at radius 1 is 1.00 bits per heavy atom. The van der Waals surface area contributed by atoms with Crippen molar-refractivity contribution in [3.8, 4) is 0 Å². The minimum atomic E-state index is -0.427. The zero-order valence-electron chi connectivity index (χ0n) is 10.8. The van der Waals surface area contributed by atoms with Gasteiger partial charge >= 0.3 is 0 Å². The van der Waals surface area contributed by atoms with Gasteiger partial charge in [0.05, 0.1) is 31.5 Å². The summed E-state index contributed by atoms with van der Waals surface area (Å²) in [6, 6.07) is 10.1. The van der Waals surface area contributed by atoms with E-state index in [1.165, 1.54) is 0 Å². The minimum Gasteiger partial charge on any atom is -0.391 e. The topological polar surface area (TPSA) is 38.7 Å². The predicted octanol–water partition coefficient (Wildman–Crippen LogP) is 2.55. The Bertz CT molecular complexity index is 298. The molecule has 0 heterocycles. The Balaban J connectivity index is 2.26. The van der Waals surface area contributed by atoms with Gasteiger partial charge in [0.2, 0.25) is 0 Å². The van der Waals surface area contributed by atoms with Crippen molar-refractivity contribution in [2.45, 2.75) is 39.1 Å². The second-order valence-corrected chi connectivity index (χ2v) is 4.38. The first-order valence-corrected chi connectivity index (χ1v) is 6.05. The number of benzene rings is 1. The molecule has 0 saturated heterocycles. The van der Waals surface area contributed by atoms with Gasteiger partial charge in [0.1, 0.15) is 0 Å². The summed E-state index contributed by atoms with van der Waals surface area (Å²) in [6.07, 6.45) is -0.367. The van der Waals surface area contributed by atoms with Crippen molar-refractivity contribution in [1.82, 2.24) is 0 Å². The molecule has 0 radical (unpaired) electrons. The molecule has 0 bridgehead atoms. The van der Waals surface area contributed by atoms with Crippen molar-refractivity contribution >= 4 is 0 Å². The molecule has 0 unspecified atom stereocenters. The summed E-state index contributed by atoms with van der Waals surface area (Å²) in [7, 11) is 0. The molecule has 0 aliphatic carbocycles. The van der Waals surface area contributed by atoms with Gasteiger partial charge in [-0.15, -0.1) is 0 Å². The third-order valence-electron chi connectivity index (χ3n) is 2.47. The summed E-state index contributed by atoms with van der Waals surface area (Å²) in [4.78, 5) is 0. The second kappa shape index (κ2) is 7.43. The van der Waals surface area contributed by atoms with Gasteiger partial charge in [-0.3, -0.25) is 0 Å². The number of rotatable bonds is 7. The predicted molar refractivity (Wildman–Crippen MR) is 67.9 cm³/mol. The molecule has 1 N–H and O–H groups in total. The molecule has 96 valence electrons. The van der Waals surface area contributed by atoms with Gasteiger partial charge in [0, 0.05) is 0 Å². The Kier molecular flexibility index (Phi) is 6.19. The van der Waals surface area contributed by atoms with Crippen LogP contribution in [0.3, 0.4) is 0 Å². The smallest absolute Gasteiger partial charge is 0.0798 e. The van der Waals surface area contributed by atoms with Crippen molar-refractivity contribution in [3.63, 3.8) is 0 Å². The normalized spacial score (nSPS) is 16.5. The van der Waals surface area contributed by atoms with E-state index in [9.17, 15) is 0 Å². The van der Waals surface area contributed by atoms with Crippen LogP contribution < -0.4 is 0 Å². The van der Waals surface area contributed by atoms with Crippen LogP contribution in [0.2, 0.25) is 0 Å². The van der Waals surface area contributed by atoms with Crippen LogP contribution in [0, 0.1) is 0 Å². The van der Waals surface area contributed by atoms with Gasteiger partial charge < -0.3 is 14.6 Å².